The van der Waals surface area contributed by atoms with Gasteiger partial charge in [0.05, 0.1) is 22.7 Å². The van der Waals surface area contributed by atoms with Crippen molar-refractivity contribution in [3.05, 3.63) is 23.2 Å². The van der Waals surface area contributed by atoms with Crippen LogP contribution in [-0.4, -0.2) is 92.6 Å². The lowest BCUT2D eigenvalue weighted by Crippen LogP contribution is -2.60. The van der Waals surface area contributed by atoms with Gasteiger partial charge in [-0.3, -0.25) is 33.6 Å². The van der Waals surface area contributed by atoms with E-state index in [-0.39, 0.29) is 23.0 Å². The summed E-state index contributed by atoms with van der Waals surface area (Å²) in [7, 11) is 0. The van der Waals surface area contributed by atoms with Gasteiger partial charge in [-0.1, -0.05) is 13.8 Å². The molecule has 0 aliphatic heterocycles. The molecule has 0 aliphatic carbocycles. The number of nitriles is 1. The molecule has 1 heterocycles. The molecule has 0 aliphatic rings. The first-order chi connectivity index (χ1) is 21.6. The quantitative estimate of drug-likeness (QED) is 0.0934. The lowest BCUT2D eigenvalue weighted by molar-refractivity contribution is -0.141. The van der Waals surface area contributed by atoms with Gasteiger partial charge in [0.1, 0.15) is 30.2 Å². The summed E-state index contributed by atoms with van der Waals surface area (Å²) in [5.74, 6) is -6.72. The van der Waals surface area contributed by atoms with Gasteiger partial charge in [-0.05, 0) is 43.9 Å². The van der Waals surface area contributed by atoms with Crippen molar-refractivity contribution < 1.29 is 48.9 Å². The van der Waals surface area contributed by atoms with Crippen LogP contribution in [0.1, 0.15) is 51.5 Å². The fourth-order valence-corrected chi connectivity index (χ4v) is 5.00. The van der Waals surface area contributed by atoms with Gasteiger partial charge in [0, 0.05) is 12.1 Å². The number of hydrogen-bond donors (Lipinski definition) is 8. The largest absolute Gasteiger partial charge is 0.481 e. The van der Waals surface area contributed by atoms with Crippen LogP contribution in [0.2, 0.25) is 0 Å². The zero-order valence-electron chi connectivity index (χ0n) is 25.1. The minimum atomic E-state index is -1.77. The molecule has 8 N–H and O–H groups in total. The lowest BCUT2D eigenvalue weighted by atomic mass is 10.0. The number of anilines is 1. The number of carbonyl (C=O) groups excluding carboxylic acids is 5. The summed E-state index contributed by atoms with van der Waals surface area (Å²) >= 11 is 1.06. The second-order valence-corrected chi connectivity index (χ2v) is 11.7. The minimum absolute atomic E-state index is 0.0409. The van der Waals surface area contributed by atoms with E-state index in [2.05, 4.69) is 31.6 Å². The normalized spacial score (nSPS) is 14.1. The fraction of sp³-hybridized carbons (Fsp3) is 0.464. The van der Waals surface area contributed by atoms with Gasteiger partial charge in [-0.15, -0.1) is 11.3 Å². The third kappa shape index (κ3) is 11.4. The number of nitrogens with one attached hydrogen (secondary N) is 5. The van der Waals surface area contributed by atoms with Crippen LogP contribution in [0.25, 0.3) is 10.2 Å². The number of hydrogen-bond acceptors (Lipinski definition) is 11. The highest BCUT2D eigenvalue weighted by Crippen LogP contribution is 2.25. The van der Waals surface area contributed by atoms with Crippen LogP contribution >= 0.6 is 11.3 Å². The molecule has 5 atom stereocenters. The van der Waals surface area contributed by atoms with Crippen LogP contribution in [0, 0.1) is 17.2 Å². The Balaban J connectivity index is 2.23. The van der Waals surface area contributed by atoms with E-state index in [9.17, 15) is 43.8 Å². The van der Waals surface area contributed by atoms with E-state index in [0.29, 0.717) is 16.6 Å². The van der Waals surface area contributed by atoms with Crippen molar-refractivity contribution in [1.29, 1.82) is 5.26 Å². The number of fused-ring (bicyclic) bond motifs is 1. The summed E-state index contributed by atoms with van der Waals surface area (Å²) in [6.07, 6.45) is -2.95. The zero-order valence-corrected chi connectivity index (χ0v) is 25.9. The number of thiazole rings is 1. The average molecular weight is 662 g/mol. The zero-order chi connectivity index (χ0) is 34.6. The van der Waals surface area contributed by atoms with Crippen molar-refractivity contribution in [1.82, 2.24) is 26.3 Å². The van der Waals surface area contributed by atoms with Gasteiger partial charge < -0.3 is 41.9 Å². The second kappa shape index (κ2) is 17.4. The van der Waals surface area contributed by atoms with Gasteiger partial charge in [0.25, 0.3) is 0 Å². The van der Waals surface area contributed by atoms with Crippen molar-refractivity contribution in [2.75, 3.05) is 5.32 Å². The highest BCUT2D eigenvalue weighted by atomic mass is 32.1. The highest BCUT2D eigenvalue weighted by molar-refractivity contribution is 7.19. The minimum Gasteiger partial charge on any atom is -0.481 e. The first-order valence-corrected chi connectivity index (χ1v) is 14.8. The molecule has 46 heavy (non-hydrogen) atoms. The molecule has 0 bridgehead atoms. The van der Waals surface area contributed by atoms with Crippen molar-refractivity contribution in [3.63, 3.8) is 0 Å². The highest BCUT2D eigenvalue weighted by Gasteiger charge is 2.34. The van der Waals surface area contributed by atoms with Crippen molar-refractivity contribution in [2.24, 2.45) is 5.92 Å². The Kier molecular flexibility index (Phi) is 14.0. The monoisotopic (exact) mass is 661 g/mol. The molecule has 0 saturated heterocycles. The van der Waals surface area contributed by atoms with Gasteiger partial charge in [0.15, 0.2) is 5.01 Å². The van der Waals surface area contributed by atoms with Gasteiger partial charge in [-0.2, -0.15) is 5.26 Å². The number of carboxylic acids is 2. The number of amides is 5. The number of benzene rings is 1. The Morgan fingerprint density at radius 1 is 0.935 bits per heavy atom. The molecule has 248 valence electrons. The molecular formula is C28H35N7O10S. The molecule has 5 amide bonds. The summed E-state index contributed by atoms with van der Waals surface area (Å²) in [6, 6.07) is 0.408. The Morgan fingerprint density at radius 3 is 2.15 bits per heavy atom. The van der Waals surface area contributed by atoms with E-state index < -0.39 is 85.1 Å². The van der Waals surface area contributed by atoms with Gasteiger partial charge in [-0.25, -0.2) is 4.98 Å². The Morgan fingerprint density at radius 2 is 1.59 bits per heavy atom. The second-order valence-electron chi connectivity index (χ2n) is 10.6. The molecule has 0 saturated carbocycles. The first-order valence-electron chi connectivity index (χ1n) is 14.0. The van der Waals surface area contributed by atoms with E-state index in [0.717, 1.165) is 18.3 Å². The Labute approximate surface area is 266 Å². The maximum absolute atomic E-state index is 13.2. The summed E-state index contributed by atoms with van der Waals surface area (Å²) in [4.78, 5) is 90.1. The fourth-order valence-electron chi connectivity index (χ4n) is 4.20. The molecule has 1 aromatic carbocycles. The molecule has 0 fully saturated rings. The van der Waals surface area contributed by atoms with Crippen molar-refractivity contribution in [3.8, 4) is 6.07 Å². The van der Waals surface area contributed by atoms with Crippen molar-refractivity contribution >= 4 is 69.2 Å². The Hall–Kier alpha value is -5.15. The summed E-state index contributed by atoms with van der Waals surface area (Å²) in [6.45, 7) is 4.71. The number of aliphatic hydroxyl groups excluding tert-OH is 1. The number of rotatable bonds is 18. The average Bonchev–Trinajstić information content (AvgIpc) is 3.39. The molecule has 18 heteroatoms. The summed E-state index contributed by atoms with van der Waals surface area (Å²) < 4.78 is 0.562. The molecule has 2 aromatic rings. The standard InChI is InChI=1S/C28H35N7O10S/c1-13(2)8-18(30-12-36)26(43)33-17(6-7-22(38)39)25(42)35-24(14(3)37)28(45)34-19(10-23(40)41)27(44)31-15-4-5-16-20(9-15)46-21(11-29)32-16/h4-5,9,12-14,17-19,24,37H,6-8,10H2,1-3H3,(H,30,36)(H,31,44)(H,33,43)(H,34,45)(H,35,42)(H,38,39)(H,40,41). The van der Waals surface area contributed by atoms with E-state index in [1.807, 2.05) is 6.07 Å². The van der Waals surface area contributed by atoms with Crippen LogP contribution in [0.3, 0.4) is 0 Å². The number of aliphatic hydroxyl groups is 1. The van der Waals surface area contributed by atoms with E-state index >= 15 is 0 Å². The molecule has 0 spiro atoms. The Bertz CT molecular complexity index is 1500. The third-order valence-electron chi connectivity index (χ3n) is 6.40. The first kappa shape index (κ1) is 37.0. The van der Waals surface area contributed by atoms with Gasteiger partial charge >= 0.3 is 11.9 Å². The molecule has 5 unspecified atom stereocenters. The van der Waals surface area contributed by atoms with E-state index in [1.54, 1.807) is 13.8 Å². The smallest absolute Gasteiger partial charge is 0.305 e. The number of carboxylic acid groups (broad SMARTS) is 2. The lowest BCUT2D eigenvalue weighted by Gasteiger charge is -2.27. The van der Waals surface area contributed by atoms with E-state index in [4.69, 9.17) is 10.4 Å². The number of carbonyl (C=O) groups is 7. The van der Waals surface area contributed by atoms with Crippen LogP contribution in [0.15, 0.2) is 18.2 Å². The topological polar surface area (TPSA) is 277 Å². The molecular weight excluding hydrogens is 626 g/mol. The number of aliphatic carboxylic acids is 2. The summed E-state index contributed by atoms with van der Waals surface area (Å²) in [5.41, 5.74) is 0.714. The molecule has 2 rings (SSSR count). The number of aromatic nitrogens is 1. The van der Waals surface area contributed by atoms with E-state index in [1.165, 1.54) is 18.2 Å². The molecule has 1 aromatic heterocycles. The summed E-state index contributed by atoms with van der Waals surface area (Å²) in [5, 5.41) is 49.7. The van der Waals surface area contributed by atoms with Gasteiger partial charge in [0.2, 0.25) is 30.0 Å². The molecule has 17 nitrogen and oxygen atoms in total. The maximum atomic E-state index is 13.2. The maximum Gasteiger partial charge on any atom is 0.305 e. The van der Waals surface area contributed by atoms with Crippen LogP contribution in [0.5, 0.6) is 0 Å². The van der Waals surface area contributed by atoms with Crippen molar-refractivity contribution in [2.45, 2.75) is 76.7 Å². The SMILES string of the molecule is CC(C)CC(NC=O)C(=O)NC(CCC(=O)O)C(=O)NC(C(=O)NC(CC(=O)O)C(=O)Nc1ccc2nc(C#N)sc2c1)C(C)O. The van der Waals surface area contributed by atoms with Crippen LogP contribution < -0.4 is 26.6 Å². The predicted molar refractivity (Wildman–Crippen MR) is 162 cm³/mol. The van der Waals surface area contributed by atoms with Crippen LogP contribution in [0.4, 0.5) is 5.69 Å². The third-order valence-corrected chi connectivity index (χ3v) is 7.32. The number of nitrogens with zero attached hydrogens (tertiary/aromatic N) is 2. The predicted octanol–water partition coefficient (Wildman–Crippen LogP) is -0.558. The van der Waals surface area contributed by atoms with Crippen LogP contribution in [-0.2, 0) is 33.6 Å². The molecule has 0 radical (unpaired) electrons.